The number of amidine groups is 1. The maximum absolute atomic E-state index is 8.50. The van der Waals surface area contributed by atoms with Gasteiger partial charge in [0.1, 0.15) is 5.84 Å². The monoisotopic (exact) mass is 216 g/mol. The Morgan fingerprint density at radius 3 is 2.71 bits per heavy atom. The molecule has 1 saturated heterocycles. The maximum atomic E-state index is 8.50. The van der Waals surface area contributed by atoms with Crippen molar-refractivity contribution in [3.05, 3.63) is 0 Å². The molecule has 0 aromatic carbocycles. The molecule has 0 atom stereocenters. The van der Waals surface area contributed by atoms with Crippen molar-refractivity contribution in [2.45, 2.75) is 24.5 Å². The van der Waals surface area contributed by atoms with E-state index in [-0.39, 0.29) is 0 Å². The lowest BCUT2D eigenvalue weighted by atomic mass is 10.1. The van der Waals surface area contributed by atoms with E-state index in [9.17, 15) is 0 Å². The Morgan fingerprint density at radius 1 is 1.57 bits per heavy atom. The number of hydrogen-bond acceptors (Lipinski definition) is 4. The Hall–Kier alpha value is -0.420. The molecule has 14 heavy (non-hydrogen) atoms. The van der Waals surface area contributed by atoms with Gasteiger partial charge in [0, 0.05) is 6.42 Å². The Morgan fingerprint density at radius 2 is 2.29 bits per heavy atom. The quantitative estimate of drug-likeness (QED) is 0.312. The van der Waals surface area contributed by atoms with Crippen LogP contribution in [0.25, 0.3) is 0 Å². The Kier molecular flexibility index (Phi) is 2.88. The van der Waals surface area contributed by atoms with Crippen molar-refractivity contribution >= 4 is 17.6 Å². The van der Waals surface area contributed by atoms with Crippen LogP contribution in [0.2, 0.25) is 0 Å². The molecule has 2 fully saturated rings. The molecule has 1 saturated carbocycles. The molecule has 2 aliphatic rings. The third-order valence-corrected chi connectivity index (χ3v) is 4.40. The van der Waals surface area contributed by atoms with Gasteiger partial charge in [-0.25, -0.2) is 0 Å². The average molecular weight is 216 g/mol. The molecule has 0 aromatic heterocycles. The van der Waals surface area contributed by atoms with Crippen molar-refractivity contribution in [1.82, 2.24) is 0 Å². The third kappa shape index (κ3) is 2.33. The normalized spacial score (nSPS) is 25.9. The van der Waals surface area contributed by atoms with Crippen LogP contribution in [0.3, 0.4) is 0 Å². The van der Waals surface area contributed by atoms with Gasteiger partial charge in [0.25, 0.3) is 0 Å². The maximum Gasteiger partial charge on any atom is 0.139 e. The first-order valence-electron chi connectivity index (χ1n) is 4.90. The molecule has 0 unspecified atom stereocenters. The van der Waals surface area contributed by atoms with Gasteiger partial charge >= 0.3 is 0 Å². The number of nitrogens with zero attached hydrogens (tertiary/aromatic N) is 1. The van der Waals surface area contributed by atoms with E-state index in [0.717, 1.165) is 25.4 Å². The zero-order valence-corrected chi connectivity index (χ0v) is 8.92. The largest absolute Gasteiger partial charge is 0.409 e. The highest BCUT2D eigenvalue weighted by Crippen LogP contribution is 2.51. The van der Waals surface area contributed by atoms with E-state index in [1.54, 1.807) is 0 Å². The van der Waals surface area contributed by atoms with Gasteiger partial charge in [0.05, 0.1) is 18.5 Å². The van der Waals surface area contributed by atoms with Crippen LogP contribution in [-0.4, -0.2) is 35.3 Å². The second-order valence-electron chi connectivity index (χ2n) is 4.24. The predicted octanol–water partition coefficient (Wildman–Crippen LogP) is 1.04. The summed E-state index contributed by atoms with van der Waals surface area (Å²) in [7, 11) is 0. The van der Waals surface area contributed by atoms with Crippen LogP contribution in [-0.2, 0) is 4.74 Å². The molecule has 0 amide bonds. The SMILES string of the molecule is NC(CC1(CSC2COC2)CC1)=NO. The minimum absolute atomic E-state index is 0.330. The number of ether oxygens (including phenoxy) is 1. The highest BCUT2D eigenvalue weighted by atomic mass is 32.2. The lowest BCUT2D eigenvalue weighted by Crippen LogP contribution is -2.31. The van der Waals surface area contributed by atoms with E-state index in [0.29, 0.717) is 16.5 Å². The standard InChI is InChI=1S/C9H16N2O2S/c10-8(11-12)3-9(1-2-9)6-14-7-4-13-5-7/h7,12H,1-6H2,(H2,10,11). The summed E-state index contributed by atoms with van der Waals surface area (Å²) >= 11 is 1.97. The van der Waals surface area contributed by atoms with E-state index < -0.39 is 0 Å². The summed E-state index contributed by atoms with van der Waals surface area (Å²) in [4.78, 5) is 0. The minimum atomic E-state index is 0.330. The molecule has 2 rings (SSSR count). The van der Waals surface area contributed by atoms with Crippen LogP contribution in [0.1, 0.15) is 19.3 Å². The molecule has 0 aromatic rings. The van der Waals surface area contributed by atoms with Crippen LogP contribution < -0.4 is 5.73 Å². The molecule has 80 valence electrons. The Balaban J connectivity index is 1.72. The Bertz CT molecular complexity index is 237. The van der Waals surface area contributed by atoms with Crippen molar-refractivity contribution in [2.24, 2.45) is 16.3 Å². The summed E-state index contributed by atoms with van der Waals surface area (Å²) in [6.07, 6.45) is 3.16. The topological polar surface area (TPSA) is 67.8 Å². The van der Waals surface area contributed by atoms with E-state index in [4.69, 9.17) is 15.7 Å². The van der Waals surface area contributed by atoms with Crippen LogP contribution in [0.15, 0.2) is 5.16 Å². The molecule has 0 radical (unpaired) electrons. The van der Waals surface area contributed by atoms with E-state index in [2.05, 4.69) is 5.16 Å². The summed E-state index contributed by atoms with van der Waals surface area (Å²) in [5.74, 6) is 1.49. The van der Waals surface area contributed by atoms with Crippen molar-refractivity contribution in [2.75, 3.05) is 19.0 Å². The fourth-order valence-corrected chi connectivity index (χ4v) is 2.94. The highest BCUT2D eigenvalue weighted by molar-refractivity contribution is 8.00. The number of rotatable bonds is 5. The van der Waals surface area contributed by atoms with Crippen LogP contribution in [0.5, 0.6) is 0 Å². The zero-order valence-electron chi connectivity index (χ0n) is 8.11. The number of nitrogens with two attached hydrogens (primary N) is 1. The van der Waals surface area contributed by atoms with Crippen molar-refractivity contribution < 1.29 is 9.94 Å². The molecule has 3 N–H and O–H groups in total. The minimum Gasteiger partial charge on any atom is -0.409 e. The molecule has 1 heterocycles. The van der Waals surface area contributed by atoms with Crippen molar-refractivity contribution in [1.29, 1.82) is 0 Å². The number of hydrogen-bond donors (Lipinski definition) is 2. The molecule has 1 aliphatic carbocycles. The number of oxime groups is 1. The highest BCUT2D eigenvalue weighted by Gasteiger charge is 2.43. The lowest BCUT2D eigenvalue weighted by Gasteiger charge is -2.27. The molecule has 0 spiro atoms. The fourth-order valence-electron chi connectivity index (χ4n) is 1.57. The van der Waals surface area contributed by atoms with Gasteiger partial charge < -0.3 is 15.7 Å². The van der Waals surface area contributed by atoms with Gasteiger partial charge in [-0.3, -0.25) is 0 Å². The summed E-state index contributed by atoms with van der Waals surface area (Å²) in [6, 6.07) is 0. The summed E-state index contributed by atoms with van der Waals surface area (Å²) in [5, 5.41) is 12.2. The third-order valence-electron chi connectivity index (χ3n) is 2.87. The van der Waals surface area contributed by atoms with E-state index in [1.165, 1.54) is 12.8 Å². The van der Waals surface area contributed by atoms with Gasteiger partial charge in [-0.05, 0) is 24.0 Å². The smallest absolute Gasteiger partial charge is 0.139 e. The lowest BCUT2D eigenvalue weighted by molar-refractivity contribution is 0.0454. The molecule has 5 heteroatoms. The van der Waals surface area contributed by atoms with Gasteiger partial charge in [-0.1, -0.05) is 5.16 Å². The van der Waals surface area contributed by atoms with Crippen LogP contribution >= 0.6 is 11.8 Å². The van der Waals surface area contributed by atoms with Crippen LogP contribution in [0.4, 0.5) is 0 Å². The van der Waals surface area contributed by atoms with Gasteiger partial charge in [0.15, 0.2) is 0 Å². The van der Waals surface area contributed by atoms with E-state index in [1.807, 2.05) is 11.8 Å². The second kappa shape index (κ2) is 3.98. The second-order valence-corrected chi connectivity index (χ2v) is 5.53. The summed E-state index contributed by atoms with van der Waals surface area (Å²) < 4.78 is 5.11. The molecular weight excluding hydrogens is 200 g/mol. The van der Waals surface area contributed by atoms with Crippen molar-refractivity contribution in [3.8, 4) is 0 Å². The zero-order chi connectivity index (χ0) is 10.0. The predicted molar refractivity (Wildman–Crippen MR) is 56.8 cm³/mol. The molecular formula is C9H16N2O2S. The van der Waals surface area contributed by atoms with Gasteiger partial charge in [-0.15, -0.1) is 0 Å². The fraction of sp³-hybridized carbons (Fsp3) is 0.889. The van der Waals surface area contributed by atoms with Gasteiger partial charge in [-0.2, -0.15) is 11.8 Å². The van der Waals surface area contributed by atoms with Crippen LogP contribution in [0, 0.1) is 5.41 Å². The number of thioether (sulfide) groups is 1. The average Bonchev–Trinajstić information content (AvgIpc) is 2.82. The van der Waals surface area contributed by atoms with E-state index >= 15 is 0 Å². The van der Waals surface area contributed by atoms with Gasteiger partial charge in [0.2, 0.25) is 0 Å². The first-order valence-corrected chi connectivity index (χ1v) is 5.95. The Labute approximate surface area is 87.9 Å². The molecule has 1 aliphatic heterocycles. The first-order chi connectivity index (χ1) is 6.74. The molecule has 4 nitrogen and oxygen atoms in total. The summed E-state index contributed by atoms with van der Waals surface area (Å²) in [6.45, 7) is 1.79. The van der Waals surface area contributed by atoms with Crippen molar-refractivity contribution in [3.63, 3.8) is 0 Å². The molecule has 0 bridgehead atoms. The summed E-state index contributed by atoms with van der Waals surface area (Å²) in [5.41, 5.74) is 5.85. The first kappa shape index (κ1) is 10.1.